The fourth-order valence-electron chi connectivity index (χ4n) is 1.42. The first kappa shape index (κ1) is 14.9. The van der Waals surface area contributed by atoms with Gasteiger partial charge in [-0.05, 0) is 6.42 Å². The summed E-state index contributed by atoms with van der Waals surface area (Å²) >= 11 is 0. The lowest BCUT2D eigenvalue weighted by Crippen LogP contribution is -1.84. The van der Waals surface area contributed by atoms with Crippen molar-refractivity contribution in [1.82, 2.24) is 0 Å². The second-order valence-electron chi connectivity index (χ2n) is 4.16. The Bertz CT molecular complexity index is 90.0. The first-order valence-corrected chi connectivity index (χ1v) is 6.60. The van der Waals surface area contributed by atoms with Crippen LogP contribution in [0.5, 0.6) is 0 Å². The minimum Gasteiger partial charge on any atom is -0.396 e. The van der Waals surface area contributed by atoms with Gasteiger partial charge in [0, 0.05) is 6.61 Å². The highest BCUT2D eigenvalue weighted by molar-refractivity contribution is 4.45. The SMILES string of the molecule is C1CO1.CCCCCCCCCCCO. The molecule has 0 radical (unpaired) electrons. The molecule has 0 unspecified atom stereocenters. The van der Waals surface area contributed by atoms with Crippen LogP contribution in [0.2, 0.25) is 0 Å². The van der Waals surface area contributed by atoms with Crippen LogP contribution in [0.15, 0.2) is 0 Å². The number of epoxide rings is 1. The minimum atomic E-state index is 0.371. The maximum Gasteiger partial charge on any atom is 0.0701 e. The summed E-state index contributed by atoms with van der Waals surface area (Å²) in [5.74, 6) is 0. The smallest absolute Gasteiger partial charge is 0.0701 e. The van der Waals surface area contributed by atoms with E-state index in [2.05, 4.69) is 11.7 Å². The molecule has 0 aliphatic carbocycles. The first-order valence-electron chi connectivity index (χ1n) is 6.60. The topological polar surface area (TPSA) is 32.8 Å². The molecule has 2 heteroatoms. The summed E-state index contributed by atoms with van der Waals surface area (Å²) in [6, 6.07) is 0. The van der Waals surface area contributed by atoms with E-state index in [1.165, 1.54) is 51.4 Å². The van der Waals surface area contributed by atoms with Crippen LogP contribution in [0, 0.1) is 0 Å². The van der Waals surface area contributed by atoms with E-state index in [9.17, 15) is 0 Å². The lowest BCUT2D eigenvalue weighted by atomic mass is 10.1. The second-order valence-corrected chi connectivity index (χ2v) is 4.16. The Kier molecular flexibility index (Phi) is 13.8. The largest absolute Gasteiger partial charge is 0.396 e. The quantitative estimate of drug-likeness (QED) is 0.472. The lowest BCUT2D eigenvalue weighted by molar-refractivity contribution is 0.282. The molecule has 1 saturated heterocycles. The molecular weight excluding hydrogens is 188 g/mol. The molecule has 0 aromatic heterocycles. The van der Waals surface area contributed by atoms with Gasteiger partial charge in [0.25, 0.3) is 0 Å². The molecule has 0 amide bonds. The standard InChI is InChI=1S/C11H24O.C2H4O/c1-2-3-4-5-6-7-8-9-10-11-12;1-2-3-1/h12H,2-11H2,1H3;1-2H2. The van der Waals surface area contributed by atoms with Gasteiger partial charge in [-0.3, -0.25) is 0 Å². The van der Waals surface area contributed by atoms with E-state index in [1.54, 1.807) is 0 Å². The fraction of sp³-hybridized carbons (Fsp3) is 1.00. The van der Waals surface area contributed by atoms with E-state index in [1.807, 2.05) is 0 Å². The van der Waals surface area contributed by atoms with E-state index in [0.29, 0.717) is 6.61 Å². The summed E-state index contributed by atoms with van der Waals surface area (Å²) in [6.07, 6.45) is 11.8. The van der Waals surface area contributed by atoms with E-state index in [-0.39, 0.29) is 0 Å². The van der Waals surface area contributed by atoms with Crippen LogP contribution >= 0.6 is 0 Å². The van der Waals surface area contributed by atoms with E-state index < -0.39 is 0 Å². The Labute approximate surface area is 95.0 Å². The van der Waals surface area contributed by atoms with Crippen LogP contribution in [0.25, 0.3) is 0 Å². The first-order chi connectivity index (χ1) is 7.41. The predicted octanol–water partition coefficient (Wildman–Crippen LogP) is 3.53. The molecule has 0 aromatic rings. The Balaban J connectivity index is 0.000000548. The molecule has 1 aliphatic rings. The van der Waals surface area contributed by atoms with Crippen molar-refractivity contribution in [3.05, 3.63) is 0 Å². The minimum absolute atomic E-state index is 0.371. The summed E-state index contributed by atoms with van der Waals surface area (Å²) in [4.78, 5) is 0. The van der Waals surface area contributed by atoms with Crippen molar-refractivity contribution in [3.8, 4) is 0 Å². The third-order valence-electron chi connectivity index (χ3n) is 2.47. The molecule has 1 N–H and O–H groups in total. The average molecular weight is 216 g/mol. The number of rotatable bonds is 9. The van der Waals surface area contributed by atoms with Crippen LogP contribution in [-0.4, -0.2) is 24.9 Å². The number of hydrogen-bond acceptors (Lipinski definition) is 2. The monoisotopic (exact) mass is 216 g/mol. The van der Waals surface area contributed by atoms with Crippen molar-refractivity contribution in [1.29, 1.82) is 0 Å². The molecule has 0 spiro atoms. The summed E-state index contributed by atoms with van der Waals surface area (Å²) < 4.78 is 4.50. The summed E-state index contributed by atoms with van der Waals surface area (Å²) in [6.45, 7) is 4.62. The number of hydrogen-bond donors (Lipinski definition) is 1. The van der Waals surface area contributed by atoms with Crippen LogP contribution in [0.4, 0.5) is 0 Å². The van der Waals surface area contributed by atoms with Crippen LogP contribution in [-0.2, 0) is 4.74 Å². The molecular formula is C13H28O2. The predicted molar refractivity (Wildman–Crippen MR) is 65.1 cm³/mol. The summed E-state index contributed by atoms with van der Waals surface area (Å²) in [5, 5.41) is 8.54. The molecule has 2 nitrogen and oxygen atoms in total. The molecule has 0 atom stereocenters. The van der Waals surface area contributed by atoms with Gasteiger partial charge in [0.1, 0.15) is 0 Å². The Morgan fingerprint density at radius 1 is 0.800 bits per heavy atom. The van der Waals surface area contributed by atoms with Gasteiger partial charge < -0.3 is 9.84 Å². The zero-order chi connectivity index (χ0) is 11.2. The van der Waals surface area contributed by atoms with Gasteiger partial charge in [0.05, 0.1) is 13.2 Å². The van der Waals surface area contributed by atoms with E-state index in [0.717, 1.165) is 19.6 Å². The van der Waals surface area contributed by atoms with Gasteiger partial charge in [0.15, 0.2) is 0 Å². The molecule has 1 fully saturated rings. The highest BCUT2D eigenvalue weighted by atomic mass is 16.6. The lowest BCUT2D eigenvalue weighted by Gasteiger charge is -1.99. The second kappa shape index (κ2) is 13.9. The summed E-state index contributed by atoms with van der Waals surface area (Å²) in [5.41, 5.74) is 0. The van der Waals surface area contributed by atoms with Crippen LogP contribution in [0.3, 0.4) is 0 Å². The normalized spacial score (nSPS) is 13.2. The van der Waals surface area contributed by atoms with Crippen LogP contribution in [0.1, 0.15) is 64.7 Å². The maximum atomic E-state index is 8.54. The molecule has 1 rings (SSSR count). The third-order valence-corrected chi connectivity index (χ3v) is 2.47. The van der Waals surface area contributed by atoms with Crippen molar-refractivity contribution < 1.29 is 9.84 Å². The van der Waals surface area contributed by atoms with E-state index in [4.69, 9.17) is 5.11 Å². The van der Waals surface area contributed by atoms with Crippen LogP contribution < -0.4 is 0 Å². The van der Waals surface area contributed by atoms with Gasteiger partial charge in [-0.1, -0.05) is 58.3 Å². The van der Waals surface area contributed by atoms with E-state index >= 15 is 0 Å². The Hall–Kier alpha value is -0.0800. The molecule has 0 bridgehead atoms. The highest BCUT2D eigenvalue weighted by Crippen LogP contribution is 2.08. The Morgan fingerprint density at radius 2 is 1.20 bits per heavy atom. The van der Waals surface area contributed by atoms with Gasteiger partial charge in [-0.2, -0.15) is 0 Å². The highest BCUT2D eigenvalue weighted by Gasteiger charge is 1.94. The number of aliphatic hydroxyl groups excluding tert-OH is 1. The third kappa shape index (κ3) is 20.1. The van der Waals surface area contributed by atoms with Crippen molar-refractivity contribution in [3.63, 3.8) is 0 Å². The van der Waals surface area contributed by atoms with Gasteiger partial charge >= 0.3 is 0 Å². The van der Waals surface area contributed by atoms with Gasteiger partial charge in [0.2, 0.25) is 0 Å². The van der Waals surface area contributed by atoms with Crippen molar-refractivity contribution in [2.45, 2.75) is 64.7 Å². The molecule has 0 saturated carbocycles. The molecule has 15 heavy (non-hydrogen) atoms. The van der Waals surface area contributed by atoms with Crippen molar-refractivity contribution in [2.75, 3.05) is 19.8 Å². The van der Waals surface area contributed by atoms with Gasteiger partial charge in [-0.25, -0.2) is 0 Å². The molecule has 92 valence electrons. The number of ether oxygens (including phenoxy) is 1. The molecule has 1 aliphatic heterocycles. The molecule has 0 aromatic carbocycles. The Morgan fingerprint density at radius 3 is 1.53 bits per heavy atom. The van der Waals surface area contributed by atoms with Gasteiger partial charge in [-0.15, -0.1) is 0 Å². The zero-order valence-electron chi connectivity index (χ0n) is 10.3. The zero-order valence-corrected chi connectivity index (χ0v) is 10.3. The number of aliphatic hydroxyl groups is 1. The molecule has 1 heterocycles. The van der Waals surface area contributed by atoms with Crippen molar-refractivity contribution >= 4 is 0 Å². The number of unbranched alkanes of at least 4 members (excludes halogenated alkanes) is 8. The maximum absolute atomic E-state index is 8.54. The van der Waals surface area contributed by atoms with Crippen molar-refractivity contribution in [2.24, 2.45) is 0 Å². The average Bonchev–Trinajstić information content (AvgIpc) is 3.09. The fourth-order valence-corrected chi connectivity index (χ4v) is 1.42. The summed E-state index contributed by atoms with van der Waals surface area (Å²) in [7, 11) is 0.